The van der Waals surface area contributed by atoms with E-state index in [4.69, 9.17) is 9.52 Å². The van der Waals surface area contributed by atoms with E-state index in [0.717, 1.165) is 12.5 Å². The van der Waals surface area contributed by atoms with Crippen LogP contribution < -0.4 is 5.32 Å². The van der Waals surface area contributed by atoms with Crippen molar-refractivity contribution in [3.05, 3.63) is 23.2 Å². The molecule has 0 bridgehead atoms. The van der Waals surface area contributed by atoms with Crippen LogP contribution in [0.2, 0.25) is 0 Å². The van der Waals surface area contributed by atoms with Crippen molar-refractivity contribution in [3.63, 3.8) is 0 Å². The Labute approximate surface area is 105 Å². The fourth-order valence-corrected chi connectivity index (χ4v) is 3.27. The highest BCUT2D eigenvalue weighted by atomic mass is 32.2. The van der Waals surface area contributed by atoms with Crippen LogP contribution in [0.4, 0.5) is 0 Å². The number of furan rings is 1. The van der Waals surface area contributed by atoms with Gasteiger partial charge in [-0.15, -0.1) is 0 Å². The van der Waals surface area contributed by atoms with Gasteiger partial charge in [-0.25, -0.2) is 4.79 Å². The molecule has 0 radical (unpaired) electrons. The van der Waals surface area contributed by atoms with Gasteiger partial charge in [0.2, 0.25) is 0 Å². The summed E-state index contributed by atoms with van der Waals surface area (Å²) in [5, 5.41) is 12.2. The molecule has 2 rings (SSSR count). The molecular formula is C12H17NO3S. The minimum atomic E-state index is -0.926. The summed E-state index contributed by atoms with van der Waals surface area (Å²) in [7, 11) is 0. The number of hydrogen-bond acceptors (Lipinski definition) is 4. The lowest BCUT2D eigenvalue weighted by molar-refractivity contribution is 0.0695. The van der Waals surface area contributed by atoms with Crippen LogP contribution in [0.25, 0.3) is 0 Å². The van der Waals surface area contributed by atoms with Gasteiger partial charge < -0.3 is 14.8 Å². The minimum Gasteiger partial charge on any atom is -0.478 e. The molecule has 94 valence electrons. The van der Waals surface area contributed by atoms with E-state index in [9.17, 15) is 4.79 Å². The SMILES string of the molecule is Cc1oc(CNCC2CCSC2)cc1C(=O)O. The molecule has 1 unspecified atom stereocenters. The molecule has 2 N–H and O–H groups in total. The van der Waals surface area contributed by atoms with Gasteiger partial charge in [-0.05, 0) is 43.4 Å². The van der Waals surface area contributed by atoms with E-state index in [-0.39, 0.29) is 5.56 Å². The van der Waals surface area contributed by atoms with Gasteiger partial charge in [0.05, 0.1) is 6.54 Å². The lowest BCUT2D eigenvalue weighted by Crippen LogP contribution is -2.21. The fourth-order valence-electron chi connectivity index (χ4n) is 1.99. The fraction of sp³-hybridized carbons (Fsp3) is 0.583. The number of thioether (sulfide) groups is 1. The smallest absolute Gasteiger partial charge is 0.339 e. The average Bonchev–Trinajstić information content (AvgIpc) is 2.88. The summed E-state index contributed by atoms with van der Waals surface area (Å²) >= 11 is 2.00. The molecule has 1 atom stereocenters. The van der Waals surface area contributed by atoms with Crippen molar-refractivity contribution < 1.29 is 14.3 Å². The zero-order valence-electron chi connectivity index (χ0n) is 9.86. The molecule has 1 aromatic heterocycles. The Morgan fingerprint density at radius 3 is 3.12 bits per heavy atom. The highest BCUT2D eigenvalue weighted by Gasteiger charge is 2.16. The first-order chi connectivity index (χ1) is 8.16. The Balaban J connectivity index is 1.82. The van der Waals surface area contributed by atoms with Crippen molar-refractivity contribution in [2.75, 3.05) is 18.1 Å². The number of carboxylic acids is 1. The third-order valence-corrected chi connectivity index (χ3v) is 4.19. The van der Waals surface area contributed by atoms with Crippen LogP contribution in [-0.2, 0) is 6.54 Å². The van der Waals surface area contributed by atoms with Crippen molar-refractivity contribution in [2.45, 2.75) is 19.9 Å². The number of carboxylic acid groups (broad SMARTS) is 1. The molecule has 0 aliphatic carbocycles. The van der Waals surface area contributed by atoms with Crippen LogP contribution in [0.5, 0.6) is 0 Å². The lowest BCUT2D eigenvalue weighted by Gasteiger charge is -2.08. The maximum atomic E-state index is 10.8. The molecule has 1 fully saturated rings. The van der Waals surface area contributed by atoms with Gasteiger partial charge >= 0.3 is 5.97 Å². The second-order valence-electron chi connectivity index (χ2n) is 4.35. The number of carbonyl (C=O) groups is 1. The molecule has 2 heterocycles. The standard InChI is InChI=1S/C12H17NO3S/c1-8-11(12(14)15)4-10(16-8)6-13-5-9-2-3-17-7-9/h4,9,13H,2-3,5-7H2,1H3,(H,14,15). The highest BCUT2D eigenvalue weighted by molar-refractivity contribution is 7.99. The number of aryl methyl sites for hydroxylation is 1. The first-order valence-electron chi connectivity index (χ1n) is 5.78. The monoisotopic (exact) mass is 255 g/mol. The predicted octanol–water partition coefficient (Wildman–Crippen LogP) is 2.13. The van der Waals surface area contributed by atoms with E-state index < -0.39 is 5.97 Å². The number of nitrogens with one attached hydrogen (secondary N) is 1. The van der Waals surface area contributed by atoms with E-state index in [1.807, 2.05) is 11.8 Å². The topological polar surface area (TPSA) is 62.5 Å². The number of hydrogen-bond donors (Lipinski definition) is 2. The van der Waals surface area contributed by atoms with Crippen LogP contribution in [0.3, 0.4) is 0 Å². The molecule has 1 aromatic rings. The third kappa shape index (κ3) is 3.26. The zero-order valence-corrected chi connectivity index (χ0v) is 10.7. The van der Waals surface area contributed by atoms with Crippen molar-refractivity contribution in [1.29, 1.82) is 0 Å². The van der Waals surface area contributed by atoms with Crippen molar-refractivity contribution in [2.24, 2.45) is 5.92 Å². The molecule has 1 aliphatic rings. The van der Waals surface area contributed by atoms with Gasteiger partial charge in [0.1, 0.15) is 17.1 Å². The maximum Gasteiger partial charge on any atom is 0.339 e. The van der Waals surface area contributed by atoms with Gasteiger partial charge in [0.25, 0.3) is 0 Å². The van der Waals surface area contributed by atoms with E-state index in [2.05, 4.69) is 5.32 Å². The third-order valence-electron chi connectivity index (χ3n) is 2.96. The molecule has 4 nitrogen and oxygen atoms in total. The summed E-state index contributed by atoms with van der Waals surface area (Å²) in [6, 6.07) is 1.61. The van der Waals surface area contributed by atoms with Crippen LogP contribution in [0, 0.1) is 12.8 Å². The molecule has 17 heavy (non-hydrogen) atoms. The summed E-state index contributed by atoms with van der Waals surface area (Å²) in [5.74, 6) is 3.48. The normalized spacial score (nSPS) is 19.7. The molecule has 0 spiro atoms. The maximum absolute atomic E-state index is 10.8. The van der Waals surface area contributed by atoms with Crippen LogP contribution in [0.15, 0.2) is 10.5 Å². The largest absolute Gasteiger partial charge is 0.478 e. The summed E-state index contributed by atoms with van der Waals surface area (Å²) in [5.41, 5.74) is 0.262. The van der Waals surface area contributed by atoms with Crippen LogP contribution >= 0.6 is 11.8 Å². The van der Waals surface area contributed by atoms with E-state index in [0.29, 0.717) is 18.1 Å². The van der Waals surface area contributed by atoms with Gasteiger partial charge in [0.15, 0.2) is 0 Å². The Bertz CT molecular complexity index is 396. The molecule has 0 amide bonds. The van der Waals surface area contributed by atoms with E-state index >= 15 is 0 Å². The highest BCUT2D eigenvalue weighted by Crippen LogP contribution is 2.22. The molecule has 5 heteroatoms. The average molecular weight is 255 g/mol. The van der Waals surface area contributed by atoms with Crippen molar-refractivity contribution in [1.82, 2.24) is 5.32 Å². The van der Waals surface area contributed by atoms with Crippen molar-refractivity contribution >= 4 is 17.7 Å². The summed E-state index contributed by atoms with van der Waals surface area (Å²) < 4.78 is 5.39. The van der Waals surface area contributed by atoms with E-state index in [1.165, 1.54) is 17.9 Å². The molecular weight excluding hydrogens is 238 g/mol. The summed E-state index contributed by atoms with van der Waals surface area (Å²) in [4.78, 5) is 10.8. The van der Waals surface area contributed by atoms with Gasteiger partial charge in [-0.1, -0.05) is 0 Å². The van der Waals surface area contributed by atoms with E-state index in [1.54, 1.807) is 13.0 Å². The Kier molecular flexibility index (Phi) is 4.12. The Hall–Kier alpha value is -0.940. The lowest BCUT2D eigenvalue weighted by atomic mass is 10.1. The zero-order chi connectivity index (χ0) is 12.3. The predicted molar refractivity (Wildman–Crippen MR) is 67.5 cm³/mol. The Morgan fingerprint density at radius 1 is 1.71 bits per heavy atom. The second kappa shape index (κ2) is 5.60. The number of rotatable bonds is 5. The quantitative estimate of drug-likeness (QED) is 0.844. The first kappa shape index (κ1) is 12.5. The van der Waals surface area contributed by atoms with Crippen LogP contribution in [0.1, 0.15) is 28.3 Å². The molecule has 1 saturated heterocycles. The number of aromatic carboxylic acids is 1. The van der Waals surface area contributed by atoms with Gasteiger partial charge in [-0.3, -0.25) is 0 Å². The summed E-state index contributed by atoms with van der Waals surface area (Å²) in [6.45, 7) is 3.27. The van der Waals surface area contributed by atoms with Gasteiger partial charge in [-0.2, -0.15) is 11.8 Å². The molecule has 0 saturated carbocycles. The first-order valence-corrected chi connectivity index (χ1v) is 6.93. The molecule has 0 aromatic carbocycles. The van der Waals surface area contributed by atoms with Crippen LogP contribution in [-0.4, -0.2) is 29.1 Å². The molecule has 1 aliphatic heterocycles. The van der Waals surface area contributed by atoms with Crippen molar-refractivity contribution in [3.8, 4) is 0 Å². The second-order valence-corrected chi connectivity index (χ2v) is 5.50. The summed E-state index contributed by atoms with van der Waals surface area (Å²) in [6.07, 6.45) is 1.27. The minimum absolute atomic E-state index is 0.262. The van der Waals surface area contributed by atoms with Gasteiger partial charge in [0, 0.05) is 0 Å². The Morgan fingerprint density at radius 2 is 2.53 bits per heavy atom.